The molecule has 3 atom stereocenters. The van der Waals surface area contributed by atoms with Gasteiger partial charge in [0.15, 0.2) is 0 Å². The molecule has 36 heavy (non-hydrogen) atoms. The van der Waals surface area contributed by atoms with Crippen molar-refractivity contribution < 1.29 is 24.1 Å². The lowest BCUT2D eigenvalue weighted by Gasteiger charge is -2.43. The minimum atomic E-state index is -1.23. The van der Waals surface area contributed by atoms with Crippen LogP contribution < -0.4 is 10.6 Å². The number of carbonyl (C=O) groups excluding carboxylic acids is 1. The van der Waals surface area contributed by atoms with Crippen molar-refractivity contribution in [3.8, 4) is 0 Å². The molecule has 0 radical (unpaired) electrons. The Balaban J connectivity index is 1.70. The molecule has 1 heterocycles. The van der Waals surface area contributed by atoms with E-state index < -0.39 is 11.2 Å². The SMILES string of the molecule is CNC[C@H](CC1(O)CCCCC1)NC(=O)N1CCC[C@@H]([C@@](O)(CCCCOC)c2cccc(F)c2)C1. The van der Waals surface area contributed by atoms with Crippen molar-refractivity contribution in [1.29, 1.82) is 0 Å². The van der Waals surface area contributed by atoms with E-state index in [0.29, 0.717) is 44.6 Å². The first-order chi connectivity index (χ1) is 17.3. The van der Waals surface area contributed by atoms with Crippen molar-refractivity contribution in [3.05, 3.63) is 35.6 Å². The maximum atomic E-state index is 14.1. The van der Waals surface area contributed by atoms with Gasteiger partial charge in [-0.2, -0.15) is 0 Å². The quantitative estimate of drug-likeness (QED) is 0.322. The van der Waals surface area contributed by atoms with E-state index in [-0.39, 0.29) is 23.8 Å². The fourth-order valence-corrected chi connectivity index (χ4v) is 6.09. The van der Waals surface area contributed by atoms with Gasteiger partial charge >= 0.3 is 6.03 Å². The van der Waals surface area contributed by atoms with Crippen LogP contribution in [0.3, 0.4) is 0 Å². The van der Waals surface area contributed by atoms with Crippen LogP contribution in [0.5, 0.6) is 0 Å². The Morgan fingerprint density at radius 1 is 1.28 bits per heavy atom. The second kappa shape index (κ2) is 13.7. The third-order valence-corrected chi connectivity index (χ3v) is 8.05. The summed E-state index contributed by atoms with van der Waals surface area (Å²) in [5.41, 5.74) is -1.38. The number of hydrogen-bond acceptors (Lipinski definition) is 5. The molecule has 0 bridgehead atoms. The number of nitrogens with zero attached hydrogens (tertiary/aromatic N) is 1. The summed E-state index contributed by atoms with van der Waals surface area (Å²) in [6.45, 7) is 2.21. The fourth-order valence-electron chi connectivity index (χ4n) is 6.09. The molecule has 1 aliphatic carbocycles. The normalized spacial score (nSPS) is 22.6. The number of unbranched alkanes of at least 4 members (excludes halogenated alkanes) is 1. The van der Waals surface area contributed by atoms with Crippen LogP contribution in [0.1, 0.15) is 76.2 Å². The number of nitrogens with one attached hydrogen (secondary N) is 2. The molecule has 8 heteroatoms. The predicted octanol–water partition coefficient (Wildman–Crippen LogP) is 3.92. The average molecular weight is 508 g/mol. The third kappa shape index (κ3) is 7.88. The van der Waals surface area contributed by atoms with Gasteiger partial charge in [0.1, 0.15) is 5.82 Å². The van der Waals surface area contributed by atoms with Crippen molar-refractivity contribution in [2.24, 2.45) is 5.92 Å². The van der Waals surface area contributed by atoms with E-state index in [1.807, 2.05) is 7.05 Å². The van der Waals surface area contributed by atoms with Crippen molar-refractivity contribution in [1.82, 2.24) is 15.5 Å². The summed E-state index contributed by atoms with van der Waals surface area (Å²) in [7, 11) is 3.51. The minimum Gasteiger partial charge on any atom is -0.390 e. The summed E-state index contributed by atoms with van der Waals surface area (Å²) in [4.78, 5) is 15.1. The van der Waals surface area contributed by atoms with Crippen LogP contribution in [-0.4, -0.2) is 73.2 Å². The number of benzene rings is 1. The lowest BCUT2D eigenvalue weighted by molar-refractivity contribution is -0.0567. The minimum absolute atomic E-state index is 0.166. The Kier molecular flexibility index (Phi) is 11.0. The Labute approximate surface area is 215 Å². The average Bonchev–Trinajstić information content (AvgIpc) is 2.87. The third-order valence-electron chi connectivity index (χ3n) is 8.05. The van der Waals surface area contributed by atoms with Gasteiger partial charge in [0, 0.05) is 45.3 Å². The molecule has 0 aromatic heterocycles. The number of likely N-dealkylation sites (N-methyl/N-ethyl adjacent to an activating group) is 1. The van der Waals surface area contributed by atoms with Gasteiger partial charge in [-0.05, 0) is 76.1 Å². The van der Waals surface area contributed by atoms with Crippen LogP contribution in [0.2, 0.25) is 0 Å². The van der Waals surface area contributed by atoms with Gasteiger partial charge in [-0.15, -0.1) is 0 Å². The summed E-state index contributed by atoms with van der Waals surface area (Å²) in [5, 5.41) is 29.3. The van der Waals surface area contributed by atoms with E-state index in [9.17, 15) is 19.4 Å². The molecule has 2 fully saturated rings. The van der Waals surface area contributed by atoms with E-state index in [1.54, 1.807) is 24.1 Å². The first-order valence-corrected chi connectivity index (χ1v) is 13.7. The second-order valence-corrected chi connectivity index (χ2v) is 10.9. The predicted molar refractivity (Wildman–Crippen MR) is 139 cm³/mol. The fraction of sp³-hybridized carbons (Fsp3) is 0.750. The van der Waals surface area contributed by atoms with Crippen molar-refractivity contribution in [2.45, 2.75) is 87.9 Å². The number of amides is 2. The maximum Gasteiger partial charge on any atom is 0.317 e. The summed E-state index contributed by atoms with van der Waals surface area (Å²) in [6, 6.07) is 5.88. The lowest BCUT2D eigenvalue weighted by Crippen LogP contribution is -2.55. The van der Waals surface area contributed by atoms with Gasteiger partial charge < -0.3 is 30.5 Å². The van der Waals surface area contributed by atoms with Crippen LogP contribution in [-0.2, 0) is 10.3 Å². The molecule has 3 rings (SSSR count). The van der Waals surface area contributed by atoms with E-state index in [1.165, 1.54) is 12.1 Å². The maximum absolute atomic E-state index is 14.1. The highest BCUT2D eigenvalue weighted by Gasteiger charge is 2.42. The number of aliphatic hydroxyl groups is 2. The van der Waals surface area contributed by atoms with E-state index in [4.69, 9.17) is 4.74 Å². The molecule has 4 N–H and O–H groups in total. The van der Waals surface area contributed by atoms with Gasteiger partial charge in [0.2, 0.25) is 0 Å². The number of hydrogen-bond donors (Lipinski definition) is 4. The number of methoxy groups -OCH3 is 1. The smallest absolute Gasteiger partial charge is 0.317 e. The van der Waals surface area contributed by atoms with Gasteiger partial charge in [-0.3, -0.25) is 0 Å². The number of likely N-dealkylation sites (tertiary alicyclic amines) is 1. The second-order valence-electron chi connectivity index (χ2n) is 10.9. The first-order valence-electron chi connectivity index (χ1n) is 13.7. The Morgan fingerprint density at radius 2 is 2.06 bits per heavy atom. The number of halogens is 1. The summed E-state index contributed by atoms with van der Waals surface area (Å²) >= 11 is 0. The van der Waals surface area contributed by atoms with Crippen LogP contribution in [0.15, 0.2) is 24.3 Å². The number of urea groups is 1. The van der Waals surface area contributed by atoms with Gasteiger partial charge in [-0.25, -0.2) is 9.18 Å². The van der Waals surface area contributed by atoms with Crippen molar-refractivity contribution in [2.75, 3.05) is 40.4 Å². The zero-order valence-corrected chi connectivity index (χ0v) is 22.1. The topological polar surface area (TPSA) is 94.1 Å². The molecular formula is C28H46FN3O4. The van der Waals surface area contributed by atoms with Crippen LogP contribution in [0.4, 0.5) is 9.18 Å². The number of piperidine rings is 1. The van der Waals surface area contributed by atoms with Crippen molar-refractivity contribution in [3.63, 3.8) is 0 Å². The van der Waals surface area contributed by atoms with Gasteiger partial charge in [-0.1, -0.05) is 31.4 Å². The van der Waals surface area contributed by atoms with Crippen molar-refractivity contribution >= 4 is 6.03 Å². The molecule has 2 aliphatic rings. The lowest BCUT2D eigenvalue weighted by atomic mass is 9.74. The number of ether oxygens (including phenoxy) is 1. The Hall–Kier alpha value is -1.74. The molecule has 1 saturated carbocycles. The van der Waals surface area contributed by atoms with Gasteiger partial charge in [0.05, 0.1) is 11.2 Å². The molecule has 2 amide bonds. The van der Waals surface area contributed by atoms with Crippen LogP contribution in [0.25, 0.3) is 0 Å². The number of rotatable bonds is 12. The number of carbonyl (C=O) groups is 1. The summed E-state index contributed by atoms with van der Waals surface area (Å²) < 4.78 is 19.3. The highest BCUT2D eigenvalue weighted by Crippen LogP contribution is 2.40. The Bertz CT molecular complexity index is 820. The summed E-state index contributed by atoms with van der Waals surface area (Å²) in [6.07, 6.45) is 8.85. The molecule has 0 unspecified atom stereocenters. The molecule has 1 aromatic carbocycles. The summed E-state index contributed by atoms with van der Waals surface area (Å²) in [5.74, 6) is -0.574. The monoisotopic (exact) mass is 507 g/mol. The molecular weight excluding hydrogens is 461 g/mol. The van der Waals surface area contributed by atoms with Gasteiger partial charge in [0.25, 0.3) is 0 Å². The molecule has 1 saturated heterocycles. The molecule has 1 aliphatic heterocycles. The largest absolute Gasteiger partial charge is 0.390 e. The highest BCUT2D eigenvalue weighted by molar-refractivity contribution is 5.74. The van der Waals surface area contributed by atoms with Crippen LogP contribution in [0, 0.1) is 11.7 Å². The van der Waals surface area contributed by atoms with E-state index in [0.717, 1.165) is 57.8 Å². The highest BCUT2D eigenvalue weighted by atomic mass is 19.1. The zero-order valence-electron chi connectivity index (χ0n) is 22.1. The standard InChI is InChI=1S/C28H46FN3O4/c1-30-20-25(19-27(34)13-4-3-5-14-27)31-26(33)32-16-9-11-23(21-32)28(35,15-6-7-17-36-2)22-10-8-12-24(29)18-22/h8,10,12,18,23,25,30,34-35H,3-7,9,11,13-17,19-21H2,1-2H3,(H,31,33)/t23-,25+,28-/m1/s1. The van der Waals surface area contributed by atoms with E-state index in [2.05, 4.69) is 10.6 Å². The zero-order chi connectivity index (χ0) is 26.0. The molecule has 0 spiro atoms. The molecule has 7 nitrogen and oxygen atoms in total. The first kappa shape index (κ1) is 28.8. The molecule has 1 aromatic rings. The molecule has 204 valence electrons. The Morgan fingerprint density at radius 3 is 2.75 bits per heavy atom. The van der Waals surface area contributed by atoms with Crippen LogP contribution >= 0.6 is 0 Å². The van der Waals surface area contributed by atoms with E-state index >= 15 is 0 Å².